The summed E-state index contributed by atoms with van der Waals surface area (Å²) in [5.74, 6) is 0.611. The minimum Gasteiger partial charge on any atom is -0.447 e. The molecule has 3 aliphatic rings. The Morgan fingerprint density at radius 2 is 1.62 bits per heavy atom. The lowest BCUT2D eigenvalue weighted by atomic mass is 9.93. The number of urea groups is 1. The molecule has 2 amide bonds. The maximum Gasteiger partial charge on any atom is 0.333 e. The Morgan fingerprint density at radius 1 is 1.06 bits per heavy atom. The minimum absolute atomic E-state index is 0.118. The average molecular weight is 459 g/mol. The van der Waals surface area contributed by atoms with E-state index in [1.807, 2.05) is 0 Å². The Labute approximate surface area is 188 Å². The highest BCUT2D eigenvalue weighted by atomic mass is 32.2. The molecule has 8 heteroatoms. The van der Waals surface area contributed by atoms with E-state index in [4.69, 9.17) is 4.42 Å². The number of fused-ring (bicyclic) bond motifs is 2. The average Bonchev–Trinajstić information content (AvgIpc) is 3.15. The lowest BCUT2D eigenvalue weighted by Gasteiger charge is -2.19. The van der Waals surface area contributed by atoms with Crippen molar-refractivity contribution >= 4 is 21.7 Å². The molecule has 0 unspecified atom stereocenters. The molecule has 0 atom stereocenters. The topological polar surface area (TPSA) is 109 Å². The highest BCUT2D eigenvalue weighted by Crippen LogP contribution is 2.46. The van der Waals surface area contributed by atoms with Gasteiger partial charge in [0.05, 0.1) is 5.60 Å². The Hall–Kier alpha value is -2.32. The molecule has 172 valence electrons. The van der Waals surface area contributed by atoms with E-state index in [0.29, 0.717) is 11.3 Å². The molecule has 3 aliphatic carbocycles. The molecule has 1 heterocycles. The van der Waals surface area contributed by atoms with Crippen LogP contribution in [-0.4, -0.2) is 19.6 Å². The van der Waals surface area contributed by atoms with Crippen molar-refractivity contribution in [3.8, 4) is 0 Å². The summed E-state index contributed by atoms with van der Waals surface area (Å²) >= 11 is 0. The fourth-order valence-electron chi connectivity index (χ4n) is 5.33. The summed E-state index contributed by atoms with van der Waals surface area (Å²) in [6, 6.07) is 0.552. The van der Waals surface area contributed by atoms with Crippen LogP contribution in [0.2, 0.25) is 0 Å². The Morgan fingerprint density at radius 3 is 2.16 bits per heavy atom. The molecule has 1 aromatic heterocycles. The van der Waals surface area contributed by atoms with Gasteiger partial charge in [-0.3, -0.25) is 0 Å². The van der Waals surface area contributed by atoms with Crippen LogP contribution in [0.15, 0.2) is 15.6 Å². The van der Waals surface area contributed by atoms with Crippen molar-refractivity contribution in [2.24, 2.45) is 0 Å². The Kier molecular flexibility index (Phi) is 4.94. The molecule has 32 heavy (non-hydrogen) atoms. The van der Waals surface area contributed by atoms with Gasteiger partial charge in [0.1, 0.15) is 5.76 Å². The number of rotatable bonds is 5. The summed E-state index contributed by atoms with van der Waals surface area (Å²) in [5.41, 5.74) is 6.25. The van der Waals surface area contributed by atoms with Crippen LogP contribution in [0.25, 0.3) is 0 Å². The fraction of sp³-hybridized carbons (Fsp3) is 0.542. The number of sulfonamides is 1. The van der Waals surface area contributed by atoms with E-state index in [9.17, 15) is 18.3 Å². The van der Waals surface area contributed by atoms with E-state index in [1.165, 1.54) is 22.8 Å². The van der Waals surface area contributed by atoms with E-state index in [1.54, 1.807) is 13.8 Å². The summed E-state index contributed by atoms with van der Waals surface area (Å²) in [4.78, 5) is 12.8. The van der Waals surface area contributed by atoms with E-state index in [0.717, 1.165) is 68.2 Å². The second kappa shape index (κ2) is 7.35. The number of hydrogen-bond acceptors (Lipinski definition) is 5. The molecular weight excluding hydrogens is 428 g/mol. The second-order valence-electron chi connectivity index (χ2n) is 9.86. The molecule has 0 aliphatic heterocycles. The van der Waals surface area contributed by atoms with E-state index < -0.39 is 21.7 Å². The quantitative estimate of drug-likeness (QED) is 0.623. The summed E-state index contributed by atoms with van der Waals surface area (Å²) < 4.78 is 33.7. The highest BCUT2D eigenvalue weighted by molar-refractivity contribution is 7.89. The first-order valence-corrected chi connectivity index (χ1v) is 12.9. The first-order chi connectivity index (χ1) is 15.1. The second-order valence-corrected chi connectivity index (χ2v) is 11.5. The van der Waals surface area contributed by atoms with Gasteiger partial charge in [-0.1, -0.05) is 0 Å². The molecule has 0 spiro atoms. The number of carbonyl (C=O) groups excluding carboxylic acids is 1. The minimum atomic E-state index is -4.22. The standard InChI is InChI=1S/C24H30N2O5S/c1-13-15-6-4-8-17(15)21(18-9-5-7-16(13)18)25-23(27)26-32(29,30)20-12-19(24(2,3)28)22(31-20)14-10-11-14/h12,14,28H,4-11H2,1-3H3,(H2,25,26,27). The normalized spacial score (nSPS) is 17.9. The molecule has 1 saturated carbocycles. The number of carbonyl (C=O) groups is 1. The lowest BCUT2D eigenvalue weighted by molar-refractivity contribution is 0.0765. The monoisotopic (exact) mass is 458 g/mol. The molecule has 0 bridgehead atoms. The third kappa shape index (κ3) is 3.63. The molecule has 3 N–H and O–H groups in total. The number of aliphatic hydroxyl groups is 1. The Balaban J connectivity index is 1.42. The predicted octanol–water partition coefficient (Wildman–Crippen LogP) is 4.18. The van der Waals surface area contributed by atoms with Gasteiger partial charge in [0.25, 0.3) is 10.0 Å². The van der Waals surface area contributed by atoms with Gasteiger partial charge in [-0.15, -0.1) is 0 Å². The van der Waals surface area contributed by atoms with Gasteiger partial charge in [-0.05, 0) is 100.0 Å². The van der Waals surface area contributed by atoms with Crippen LogP contribution in [0.5, 0.6) is 0 Å². The van der Waals surface area contributed by atoms with Crippen LogP contribution in [0, 0.1) is 6.92 Å². The van der Waals surface area contributed by atoms with Gasteiger partial charge in [-0.2, -0.15) is 8.42 Å². The number of amides is 2. The van der Waals surface area contributed by atoms with Gasteiger partial charge in [0, 0.05) is 23.2 Å². The third-order valence-electron chi connectivity index (χ3n) is 7.02. The van der Waals surface area contributed by atoms with Crippen molar-refractivity contribution in [2.45, 2.75) is 88.7 Å². The summed E-state index contributed by atoms with van der Waals surface area (Å²) in [6.45, 7) is 5.36. The molecule has 7 nitrogen and oxygen atoms in total. The van der Waals surface area contributed by atoms with Crippen molar-refractivity contribution in [3.05, 3.63) is 45.2 Å². The summed E-state index contributed by atoms with van der Waals surface area (Å²) in [6.07, 6.45) is 7.67. The number of hydrogen-bond donors (Lipinski definition) is 3. The summed E-state index contributed by atoms with van der Waals surface area (Å²) in [5, 5.41) is 13.0. The maximum atomic E-state index is 12.9. The van der Waals surface area contributed by atoms with Crippen molar-refractivity contribution in [1.82, 2.24) is 4.72 Å². The fourth-order valence-corrected chi connectivity index (χ4v) is 6.20. The number of benzene rings is 1. The van der Waals surface area contributed by atoms with Crippen LogP contribution < -0.4 is 10.0 Å². The van der Waals surface area contributed by atoms with Gasteiger partial charge in [0.2, 0.25) is 5.09 Å². The molecule has 1 aromatic carbocycles. The molecule has 1 fully saturated rings. The van der Waals surface area contributed by atoms with Crippen LogP contribution in [0.3, 0.4) is 0 Å². The molecule has 2 aromatic rings. The SMILES string of the molecule is Cc1c2c(c(NC(=O)NS(=O)(=O)c3cc(C(C)(C)O)c(C4CC4)o3)c3c1CCC3)CCC2. The number of nitrogens with one attached hydrogen (secondary N) is 2. The number of furan rings is 1. The van der Waals surface area contributed by atoms with Crippen LogP contribution in [0.4, 0.5) is 10.5 Å². The molecule has 0 saturated heterocycles. The summed E-state index contributed by atoms with van der Waals surface area (Å²) in [7, 11) is -4.22. The highest BCUT2D eigenvalue weighted by Gasteiger charge is 2.37. The lowest BCUT2D eigenvalue weighted by Crippen LogP contribution is -2.34. The molecular formula is C24H30N2O5S. The zero-order valence-corrected chi connectivity index (χ0v) is 19.6. The van der Waals surface area contributed by atoms with E-state index in [-0.39, 0.29) is 11.0 Å². The Bertz CT molecular complexity index is 1180. The van der Waals surface area contributed by atoms with E-state index in [2.05, 4.69) is 17.0 Å². The van der Waals surface area contributed by atoms with Crippen LogP contribution in [0.1, 0.15) is 84.6 Å². The van der Waals surface area contributed by atoms with Gasteiger partial charge in [-0.25, -0.2) is 9.52 Å². The van der Waals surface area contributed by atoms with Crippen molar-refractivity contribution in [2.75, 3.05) is 5.32 Å². The number of anilines is 1. The van der Waals surface area contributed by atoms with E-state index >= 15 is 0 Å². The molecule has 0 radical (unpaired) electrons. The van der Waals surface area contributed by atoms with Crippen LogP contribution in [-0.2, 0) is 41.3 Å². The van der Waals surface area contributed by atoms with Crippen molar-refractivity contribution < 1.29 is 22.7 Å². The van der Waals surface area contributed by atoms with Crippen LogP contribution >= 0.6 is 0 Å². The maximum absolute atomic E-state index is 12.9. The van der Waals surface area contributed by atoms with Gasteiger partial charge < -0.3 is 14.8 Å². The zero-order chi connectivity index (χ0) is 22.8. The van der Waals surface area contributed by atoms with Crippen molar-refractivity contribution in [3.63, 3.8) is 0 Å². The molecule has 5 rings (SSSR count). The zero-order valence-electron chi connectivity index (χ0n) is 18.8. The van der Waals surface area contributed by atoms with Crippen molar-refractivity contribution in [1.29, 1.82) is 0 Å². The van der Waals surface area contributed by atoms with Gasteiger partial charge in [0.15, 0.2) is 0 Å². The first-order valence-electron chi connectivity index (χ1n) is 11.4. The first kappa shape index (κ1) is 21.5. The van der Waals surface area contributed by atoms with Gasteiger partial charge >= 0.3 is 6.03 Å². The predicted molar refractivity (Wildman–Crippen MR) is 120 cm³/mol. The largest absolute Gasteiger partial charge is 0.447 e. The third-order valence-corrected chi connectivity index (χ3v) is 8.21. The smallest absolute Gasteiger partial charge is 0.333 e.